The van der Waals surface area contributed by atoms with Gasteiger partial charge in [-0.25, -0.2) is 0 Å². The van der Waals surface area contributed by atoms with Gasteiger partial charge in [0.25, 0.3) is 5.91 Å². The second-order valence-corrected chi connectivity index (χ2v) is 7.85. The van der Waals surface area contributed by atoms with Gasteiger partial charge in [0.2, 0.25) is 5.91 Å². The zero-order valence-corrected chi connectivity index (χ0v) is 17.2. The van der Waals surface area contributed by atoms with Crippen molar-refractivity contribution >= 4 is 40.6 Å². The van der Waals surface area contributed by atoms with Gasteiger partial charge in [-0.05, 0) is 31.9 Å². The fourth-order valence-electron chi connectivity index (χ4n) is 3.53. The van der Waals surface area contributed by atoms with Crippen LogP contribution in [-0.2, 0) is 4.79 Å². The van der Waals surface area contributed by atoms with Gasteiger partial charge in [-0.2, -0.15) is 0 Å². The van der Waals surface area contributed by atoms with Crippen LogP contribution >= 0.6 is 23.7 Å². The molecule has 3 rings (SSSR count). The lowest BCUT2D eigenvalue weighted by Crippen LogP contribution is -2.47. The lowest BCUT2D eigenvalue weighted by atomic mass is 10.2. The van der Waals surface area contributed by atoms with E-state index in [1.807, 2.05) is 0 Å². The molecule has 0 saturated carbocycles. The summed E-state index contributed by atoms with van der Waals surface area (Å²) in [6.07, 6.45) is 2.27. The maximum Gasteiger partial charge on any atom is 0.324 e. The van der Waals surface area contributed by atoms with Crippen molar-refractivity contribution < 1.29 is 14.5 Å². The molecule has 9 nitrogen and oxygen atoms in total. The molecule has 156 valence electrons. The standard InChI is InChI=1S/C17H25N5O4S.ClH/c23-16(19-6-2-9-20-11-7-18-8-12-20)13-3-1-10-21(13)17(24)14-4-5-15(27-14)22(25)26;/h4-5,13,18H,1-3,6-12H2,(H,19,23);1H. The van der Waals surface area contributed by atoms with Crippen LogP contribution in [0.15, 0.2) is 12.1 Å². The molecule has 0 spiro atoms. The van der Waals surface area contributed by atoms with Crippen LogP contribution in [0.3, 0.4) is 0 Å². The molecule has 0 aromatic carbocycles. The Labute approximate surface area is 174 Å². The lowest BCUT2D eigenvalue weighted by molar-refractivity contribution is -0.380. The van der Waals surface area contributed by atoms with E-state index in [-0.39, 0.29) is 29.2 Å². The highest BCUT2D eigenvalue weighted by Gasteiger charge is 2.35. The van der Waals surface area contributed by atoms with Crippen LogP contribution in [0.5, 0.6) is 0 Å². The van der Waals surface area contributed by atoms with Crippen LogP contribution in [0.25, 0.3) is 0 Å². The average molecular weight is 432 g/mol. The number of hydrogen-bond donors (Lipinski definition) is 2. The molecule has 1 aromatic heterocycles. The zero-order chi connectivity index (χ0) is 19.2. The summed E-state index contributed by atoms with van der Waals surface area (Å²) in [5.74, 6) is -0.432. The SMILES string of the molecule is Cl.O=C(NCCCN1CCNCC1)C1CCCN1C(=O)c1ccc([N+](=O)[O-])s1. The van der Waals surface area contributed by atoms with E-state index in [0.29, 0.717) is 24.4 Å². The van der Waals surface area contributed by atoms with E-state index in [1.54, 1.807) is 4.90 Å². The fourth-order valence-corrected chi connectivity index (χ4v) is 4.31. The predicted molar refractivity (Wildman–Crippen MR) is 109 cm³/mol. The second-order valence-electron chi connectivity index (χ2n) is 6.79. The topological polar surface area (TPSA) is 108 Å². The molecule has 28 heavy (non-hydrogen) atoms. The molecule has 0 aliphatic carbocycles. The third kappa shape index (κ3) is 5.63. The van der Waals surface area contributed by atoms with E-state index < -0.39 is 11.0 Å². The summed E-state index contributed by atoms with van der Waals surface area (Å²) >= 11 is 0.854. The summed E-state index contributed by atoms with van der Waals surface area (Å²) in [4.78, 5) is 39.7. The summed E-state index contributed by atoms with van der Waals surface area (Å²) in [6.45, 7) is 6.12. The molecular formula is C17H26ClN5O4S. The molecule has 1 atom stereocenters. The number of rotatable bonds is 7. The molecule has 11 heteroatoms. The van der Waals surface area contributed by atoms with Crippen LogP contribution in [0.2, 0.25) is 0 Å². The largest absolute Gasteiger partial charge is 0.354 e. The smallest absolute Gasteiger partial charge is 0.324 e. The van der Waals surface area contributed by atoms with Gasteiger partial charge >= 0.3 is 5.00 Å². The van der Waals surface area contributed by atoms with E-state index in [4.69, 9.17) is 0 Å². The first-order chi connectivity index (χ1) is 13.1. The molecule has 2 N–H and O–H groups in total. The molecule has 2 saturated heterocycles. The van der Waals surface area contributed by atoms with Gasteiger partial charge in [0, 0.05) is 45.3 Å². The Hall–Kier alpha value is -1.75. The van der Waals surface area contributed by atoms with Crippen LogP contribution in [-0.4, -0.2) is 78.4 Å². The second kappa shape index (κ2) is 10.7. The Morgan fingerprint density at radius 3 is 2.71 bits per heavy atom. The molecule has 2 amide bonds. The van der Waals surface area contributed by atoms with Gasteiger partial charge < -0.3 is 20.4 Å². The first-order valence-electron chi connectivity index (χ1n) is 9.32. The monoisotopic (exact) mass is 431 g/mol. The molecular weight excluding hydrogens is 406 g/mol. The van der Waals surface area contributed by atoms with Crippen molar-refractivity contribution in [3.63, 3.8) is 0 Å². The van der Waals surface area contributed by atoms with E-state index in [1.165, 1.54) is 12.1 Å². The van der Waals surface area contributed by atoms with Crippen molar-refractivity contribution in [3.05, 3.63) is 27.1 Å². The highest BCUT2D eigenvalue weighted by molar-refractivity contribution is 7.17. The van der Waals surface area contributed by atoms with Crippen LogP contribution in [0.4, 0.5) is 5.00 Å². The van der Waals surface area contributed by atoms with Gasteiger partial charge in [0.1, 0.15) is 6.04 Å². The van der Waals surface area contributed by atoms with Crippen LogP contribution in [0.1, 0.15) is 28.9 Å². The van der Waals surface area contributed by atoms with Crippen molar-refractivity contribution in [2.24, 2.45) is 0 Å². The number of carbonyl (C=O) groups is 2. The highest BCUT2D eigenvalue weighted by atomic mass is 35.5. The molecule has 0 radical (unpaired) electrons. The quantitative estimate of drug-likeness (QED) is 0.380. The number of thiophene rings is 1. The van der Waals surface area contributed by atoms with Crippen LogP contribution < -0.4 is 10.6 Å². The van der Waals surface area contributed by atoms with Crippen molar-refractivity contribution in [2.75, 3.05) is 45.8 Å². The van der Waals surface area contributed by atoms with Crippen molar-refractivity contribution in [1.82, 2.24) is 20.4 Å². The number of carbonyl (C=O) groups excluding carboxylic acids is 2. The number of nitro groups is 1. The van der Waals surface area contributed by atoms with Gasteiger partial charge in [-0.1, -0.05) is 11.3 Å². The number of piperazine rings is 1. The average Bonchev–Trinajstić information content (AvgIpc) is 3.35. The summed E-state index contributed by atoms with van der Waals surface area (Å²) < 4.78 is 0. The highest BCUT2D eigenvalue weighted by Crippen LogP contribution is 2.28. The maximum atomic E-state index is 12.7. The summed E-state index contributed by atoms with van der Waals surface area (Å²) in [5, 5.41) is 17.0. The number of likely N-dealkylation sites (tertiary alicyclic amines) is 1. The maximum absolute atomic E-state index is 12.7. The number of nitrogens with one attached hydrogen (secondary N) is 2. The van der Waals surface area contributed by atoms with Crippen molar-refractivity contribution in [2.45, 2.75) is 25.3 Å². The van der Waals surface area contributed by atoms with Crippen molar-refractivity contribution in [3.8, 4) is 0 Å². The number of amides is 2. The molecule has 3 heterocycles. The normalized spacial score (nSPS) is 19.9. The third-order valence-corrected chi connectivity index (χ3v) is 5.98. The van der Waals surface area contributed by atoms with Gasteiger partial charge in [-0.15, -0.1) is 12.4 Å². The molecule has 1 unspecified atom stereocenters. The van der Waals surface area contributed by atoms with E-state index in [9.17, 15) is 19.7 Å². The zero-order valence-electron chi connectivity index (χ0n) is 15.6. The Kier molecular flexibility index (Phi) is 8.61. The van der Waals surface area contributed by atoms with Gasteiger partial charge in [0.05, 0.1) is 9.80 Å². The summed E-state index contributed by atoms with van der Waals surface area (Å²) in [7, 11) is 0. The Morgan fingerprint density at radius 1 is 1.29 bits per heavy atom. The predicted octanol–water partition coefficient (Wildman–Crippen LogP) is 1.09. The number of hydrogen-bond acceptors (Lipinski definition) is 7. The van der Waals surface area contributed by atoms with Crippen molar-refractivity contribution in [1.29, 1.82) is 0 Å². The van der Waals surface area contributed by atoms with E-state index >= 15 is 0 Å². The van der Waals surface area contributed by atoms with Gasteiger partial charge in [0.15, 0.2) is 0 Å². The first-order valence-corrected chi connectivity index (χ1v) is 10.1. The Morgan fingerprint density at radius 2 is 2.04 bits per heavy atom. The first kappa shape index (κ1) is 22.5. The Balaban J connectivity index is 0.00000280. The van der Waals surface area contributed by atoms with Gasteiger partial charge in [-0.3, -0.25) is 19.7 Å². The minimum Gasteiger partial charge on any atom is -0.354 e. The fraction of sp³-hybridized carbons (Fsp3) is 0.647. The molecule has 2 aliphatic heterocycles. The minimum absolute atomic E-state index is 0. The molecule has 1 aromatic rings. The third-order valence-electron chi connectivity index (χ3n) is 4.96. The van der Waals surface area contributed by atoms with E-state index in [0.717, 1.165) is 56.9 Å². The summed E-state index contributed by atoms with van der Waals surface area (Å²) in [5.41, 5.74) is 0. The summed E-state index contributed by atoms with van der Waals surface area (Å²) in [6, 6.07) is 2.31. The molecule has 2 fully saturated rings. The lowest BCUT2D eigenvalue weighted by Gasteiger charge is -2.27. The molecule has 0 bridgehead atoms. The Bertz CT molecular complexity index is 695. The minimum atomic E-state index is -0.506. The number of halogens is 1. The van der Waals surface area contributed by atoms with Crippen LogP contribution in [0, 0.1) is 10.1 Å². The number of nitrogens with zero attached hydrogens (tertiary/aromatic N) is 3. The molecule has 2 aliphatic rings. The van der Waals surface area contributed by atoms with E-state index in [2.05, 4.69) is 15.5 Å².